The van der Waals surface area contributed by atoms with Crippen molar-refractivity contribution in [2.24, 2.45) is 5.92 Å². The minimum atomic E-state index is -0.287. The van der Waals surface area contributed by atoms with Gasteiger partial charge >= 0.3 is 0 Å². The predicted octanol–water partition coefficient (Wildman–Crippen LogP) is 3.35. The first-order valence-electron chi connectivity index (χ1n) is 5.46. The predicted molar refractivity (Wildman–Crippen MR) is 57.9 cm³/mol. The standard InChI is InChI=1S/C13H15FO/c14-8-13(11-2-1-3-11)12-6-4-10(9-15)5-7-12/h4-7,9,11,13H,1-3,8H2. The van der Waals surface area contributed by atoms with Gasteiger partial charge in [0.2, 0.25) is 0 Å². The van der Waals surface area contributed by atoms with Crippen molar-refractivity contribution in [2.45, 2.75) is 25.2 Å². The maximum absolute atomic E-state index is 12.9. The quantitative estimate of drug-likeness (QED) is 0.690. The van der Waals surface area contributed by atoms with Gasteiger partial charge in [-0.15, -0.1) is 0 Å². The van der Waals surface area contributed by atoms with Crippen LogP contribution in [0.3, 0.4) is 0 Å². The van der Waals surface area contributed by atoms with Gasteiger partial charge < -0.3 is 0 Å². The van der Waals surface area contributed by atoms with E-state index in [1.165, 1.54) is 6.42 Å². The average molecular weight is 206 g/mol. The number of carbonyl (C=O) groups excluding carboxylic acids is 1. The molecule has 0 aliphatic heterocycles. The van der Waals surface area contributed by atoms with Crippen molar-refractivity contribution in [3.63, 3.8) is 0 Å². The van der Waals surface area contributed by atoms with Crippen molar-refractivity contribution < 1.29 is 9.18 Å². The zero-order valence-corrected chi connectivity index (χ0v) is 8.66. The van der Waals surface area contributed by atoms with Crippen LogP contribution in [0.25, 0.3) is 0 Å². The van der Waals surface area contributed by atoms with E-state index >= 15 is 0 Å². The van der Waals surface area contributed by atoms with Gasteiger partial charge in [-0.05, 0) is 24.3 Å². The highest BCUT2D eigenvalue weighted by Crippen LogP contribution is 2.39. The molecule has 1 atom stereocenters. The Morgan fingerprint density at radius 3 is 2.40 bits per heavy atom. The Bertz CT molecular complexity index is 327. The molecule has 0 radical (unpaired) electrons. The van der Waals surface area contributed by atoms with Gasteiger partial charge in [-0.2, -0.15) is 0 Å². The zero-order chi connectivity index (χ0) is 10.7. The summed E-state index contributed by atoms with van der Waals surface area (Å²) in [4.78, 5) is 10.5. The van der Waals surface area contributed by atoms with Gasteiger partial charge in [0.15, 0.2) is 0 Å². The lowest BCUT2D eigenvalue weighted by atomic mass is 9.73. The maximum atomic E-state index is 12.9. The highest BCUT2D eigenvalue weighted by Gasteiger charge is 2.28. The minimum absolute atomic E-state index is 0.0412. The third kappa shape index (κ3) is 2.09. The molecule has 0 saturated heterocycles. The summed E-state index contributed by atoms with van der Waals surface area (Å²) in [6, 6.07) is 7.30. The third-order valence-electron chi connectivity index (χ3n) is 3.39. The van der Waals surface area contributed by atoms with E-state index in [9.17, 15) is 9.18 Å². The fourth-order valence-electron chi connectivity index (χ4n) is 2.15. The van der Waals surface area contributed by atoms with Crippen LogP contribution in [0, 0.1) is 5.92 Å². The highest BCUT2D eigenvalue weighted by molar-refractivity contribution is 5.74. The van der Waals surface area contributed by atoms with E-state index in [2.05, 4.69) is 0 Å². The molecule has 1 fully saturated rings. The summed E-state index contributed by atoms with van der Waals surface area (Å²) < 4.78 is 12.9. The molecule has 1 nitrogen and oxygen atoms in total. The second kappa shape index (κ2) is 4.56. The lowest BCUT2D eigenvalue weighted by molar-refractivity contribution is 0.112. The summed E-state index contributed by atoms with van der Waals surface area (Å²) in [6.45, 7) is -0.287. The first kappa shape index (κ1) is 10.3. The largest absolute Gasteiger partial charge is 0.298 e. The molecule has 1 unspecified atom stereocenters. The van der Waals surface area contributed by atoms with Crippen molar-refractivity contribution in [1.29, 1.82) is 0 Å². The van der Waals surface area contributed by atoms with Crippen LogP contribution in [0.1, 0.15) is 41.1 Å². The van der Waals surface area contributed by atoms with Crippen LogP contribution in [0.5, 0.6) is 0 Å². The van der Waals surface area contributed by atoms with Crippen LogP contribution in [0.15, 0.2) is 24.3 Å². The molecule has 0 heterocycles. The molecule has 2 rings (SSSR count). The molecule has 80 valence electrons. The molecule has 0 bridgehead atoms. The van der Waals surface area contributed by atoms with E-state index in [1.54, 1.807) is 12.1 Å². The van der Waals surface area contributed by atoms with Gasteiger partial charge in [0.25, 0.3) is 0 Å². The highest BCUT2D eigenvalue weighted by atomic mass is 19.1. The monoisotopic (exact) mass is 206 g/mol. The Morgan fingerprint density at radius 2 is 2.00 bits per heavy atom. The van der Waals surface area contributed by atoms with Crippen molar-refractivity contribution in [3.05, 3.63) is 35.4 Å². The summed E-state index contributed by atoms with van der Waals surface area (Å²) >= 11 is 0. The second-order valence-electron chi connectivity index (χ2n) is 4.24. The molecular formula is C13H15FO. The number of carbonyl (C=O) groups is 1. The van der Waals surface area contributed by atoms with Crippen molar-refractivity contribution in [3.8, 4) is 0 Å². The number of alkyl halides is 1. The number of halogens is 1. The Labute approximate surface area is 89.3 Å². The summed E-state index contributed by atoms with van der Waals surface area (Å²) in [6.07, 6.45) is 4.33. The normalized spacial score (nSPS) is 18.2. The zero-order valence-electron chi connectivity index (χ0n) is 8.66. The van der Waals surface area contributed by atoms with Crippen LogP contribution in [-0.2, 0) is 0 Å². The first-order valence-corrected chi connectivity index (χ1v) is 5.46. The molecule has 0 amide bonds. The second-order valence-corrected chi connectivity index (χ2v) is 4.24. The van der Waals surface area contributed by atoms with Crippen LogP contribution >= 0.6 is 0 Å². The molecule has 1 aromatic carbocycles. The van der Waals surface area contributed by atoms with Crippen molar-refractivity contribution >= 4 is 6.29 Å². The SMILES string of the molecule is O=Cc1ccc(C(CF)C2CCC2)cc1. The minimum Gasteiger partial charge on any atom is -0.298 e. The van der Waals surface area contributed by atoms with E-state index in [4.69, 9.17) is 0 Å². The number of aldehydes is 1. The maximum Gasteiger partial charge on any atom is 0.150 e. The smallest absolute Gasteiger partial charge is 0.150 e. The molecule has 1 aliphatic carbocycles. The van der Waals surface area contributed by atoms with Crippen LogP contribution in [0.2, 0.25) is 0 Å². The van der Waals surface area contributed by atoms with Gasteiger partial charge in [0.05, 0.1) is 6.67 Å². The van der Waals surface area contributed by atoms with Crippen molar-refractivity contribution in [1.82, 2.24) is 0 Å². The Morgan fingerprint density at radius 1 is 1.33 bits per heavy atom. The van der Waals surface area contributed by atoms with Crippen LogP contribution in [-0.4, -0.2) is 13.0 Å². The van der Waals surface area contributed by atoms with Gasteiger partial charge in [0, 0.05) is 11.5 Å². The lowest BCUT2D eigenvalue weighted by Gasteiger charge is -2.32. The third-order valence-corrected chi connectivity index (χ3v) is 3.39. The molecule has 15 heavy (non-hydrogen) atoms. The molecule has 0 N–H and O–H groups in total. The number of hydrogen-bond acceptors (Lipinski definition) is 1. The molecule has 0 aromatic heterocycles. The van der Waals surface area contributed by atoms with E-state index in [0.717, 1.165) is 24.7 Å². The van der Waals surface area contributed by atoms with E-state index in [1.807, 2.05) is 12.1 Å². The van der Waals surface area contributed by atoms with Gasteiger partial charge in [-0.1, -0.05) is 30.7 Å². The average Bonchev–Trinajstić information content (AvgIpc) is 2.23. The topological polar surface area (TPSA) is 17.1 Å². The Hall–Kier alpha value is -1.18. The van der Waals surface area contributed by atoms with E-state index in [-0.39, 0.29) is 12.6 Å². The Balaban J connectivity index is 2.14. The number of rotatable bonds is 4. The first-order chi connectivity index (χ1) is 7.35. The summed E-state index contributed by atoms with van der Waals surface area (Å²) in [7, 11) is 0. The number of hydrogen-bond donors (Lipinski definition) is 0. The van der Waals surface area contributed by atoms with Crippen LogP contribution < -0.4 is 0 Å². The summed E-state index contributed by atoms with van der Waals surface area (Å²) in [5.74, 6) is 0.552. The molecule has 0 spiro atoms. The van der Waals surface area contributed by atoms with E-state index < -0.39 is 0 Å². The molecule has 1 aliphatic rings. The lowest BCUT2D eigenvalue weighted by Crippen LogP contribution is -2.21. The van der Waals surface area contributed by atoms with Crippen LogP contribution in [0.4, 0.5) is 4.39 Å². The fraction of sp³-hybridized carbons (Fsp3) is 0.462. The molecule has 1 saturated carbocycles. The number of benzene rings is 1. The molecule has 1 aromatic rings. The van der Waals surface area contributed by atoms with Gasteiger partial charge in [-0.3, -0.25) is 9.18 Å². The van der Waals surface area contributed by atoms with Gasteiger partial charge in [-0.25, -0.2) is 0 Å². The summed E-state index contributed by atoms with van der Waals surface area (Å²) in [5.41, 5.74) is 1.69. The summed E-state index contributed by atoms with van der Waals surface area (Å²) in [5, 5.41) is 0. The van der Waals surface area contributed by atoms with Crippen molar-refractivity contribution in [2.75, 3.05) is 6.67 Å². The van der Waals surface area contributed by atoms with Gasteiger partial charge in [0.1, 0.15) is 6.29 Å². The molecular weight excluding hydrogens is 191 g/mol. The fourth-order valence-corrected chi connectivity index (χ4v) is 2.15. The Kier molecular flexibility index (Phi) is 3.14. The van der Waals surface area contributed by atoms with E-state index in [0.29, 0.717) is 11.5 Å². The molecule has 2 heteroatoms.